The summed E-state index contributed by atoms with van der Waals surface area (Å²) < 4.78 is 5.14. The van der Waals surface area contributed by atoms with Gasteiger partial charge in [-0.15, -0.1) is 0 Å². The molecule has 1 fully saturated rings. The van der Waals surface area contributed by atoms with E-state index >= 15 is 0 Å². The van der Waals surface area contributed by atoms with E-state index < -0.39 is 6.09 Å². The molecule has 8 heteroatoms. The fourth-order valence-corrected chi connectivity index (χ4v) is 2.97. The summed E-state index contributed by atoms with van der Waals surface area (Å²) in [5, 5.41) is 2.68. The lowest BCUT2D eigenvalue weighted by molar-refractivity contribution is -0.131. The second-order valence-corrected chi connectivity index (χ2v) is 6.51. The minimum absolute atomic E-state index is 0.105. The van der Waals surface area contributed by atoms with Crippen LogP contribution in [-0.4, -0.2) is 59.6 Å². The third kappa shape index (κ3) is 5.94. The molecule has 0 radical (unpaired) electrons. The lowest BCUT2D eigenvalue weighted by atomic mass is 10.2. The molecule has 0 saturated carbocycles. The Morgan fingerprint density at radius 3 is 2.43 bits per heavy atom. The highest BCUT2D eigenvalue weighted by atomic mass is 16.5. The van der Waals surface area contributed by atoms with Crippen LogP contribution < -0.4 is 10.2 Å². The predicted molar refractivity (Wildman–Crippen MR) is 105 cm³/mol. The minimum atomic E-state index is -0.465. The molecular weight excluding hydrogens is 358 g/mol. The van der Waals surface area contributed by atoms with Crippen LogP contribution in [-0.2, 0) is 16.1 Å². The van der Waals surface area contributed by atoms with E-state index in [1.54, 1.807) is 18.5 Å². The molecule has 0 aliphatic carbocycles. The predicted octanol–water partition coefficient (Wildman–Crippen LogP) is 1.83. The fourth-order valence-electron chi connectivity index (χ4n) is 2.97. The number of nitrogens with one attached hydrogen (secondary N) is 1. The van der Waals surface area contributed by atoms with Gasteiger partial charge in [0.2, 0.25) is 11.9 Å². The Bertz CT molecular complexity index is 749. The smallest absolute Gasteiger partial charge is 0.407 e. The van der Waals surface area contributed by atoms with Crippen molar-refractivity contribution in [2.45, 2.75) is 19.4 Å². The molecule has 1 aromatic carbocycles. The maximum atomic E-state index is 12.3. The molecule has 1 aliphatic rings. The van der Waals surface area contributed by atoms with Gasteiger partial charge in [0.1, 0.15) is 6.61 Å². The normalized spacial score (nSPS) is 13.9. The molecule has 0 spiro atoms. The number of anilines is 1. The fraction of sp³-hybridized carbons (Fsp3) is 0.400. The standard InChI is InChI=1S/C20H25N5O3/c26-18(24-12-14-25(15-13-24)19-21-10-5-11-22-19)8-4-9-23-20(27)28-16-17-6-2-1-3-7-17/h1-3,5-7,10-11H,4,8-9,12-16H2,(H,23,27). The van der Waals surface area contributed by atoms with Gasteiger partial charge in [0.25, 0.3) is 0 Å². The van der Waals surface area contributed by atoms with Crippen molar-refractivity contribution < 1.29 is 14.3 Å². The minimum Gasteiger partial charge on any atom is -0.445 e. The Kier molecular flexibility index (Phi) is 7.17. The van der Waals surface area contributed by atoms with Crippen molar-refractivity contribution in [3.05, 3.63) is 54.4 Å². The first-order valence-electron chi connectivity index (χ1n) is 9.46. The molecule has 1 saturated heterocycles. The Labute approximate surface area is 164 Å². The first-order valence-corrected chi connectivity index (χ1v) is 9.46. The van der Waals surface area contributed by atoms with Gasteiger partial charge in [-0.3, -0.25) is 4.79 Å². The van der Waals surface area contributed by atoms with Gasteiger partial charge < -0.3 is 19.9 Å². The third-order valence-electron chi connectivity index (χ3n) is 4.52. The van der Waals surface area contributed by atoms with Gasteiger partial charge in [-0.1, -0.05) is 30.3 Å². The van der Waals surface area contributed by atoms with Crippen LogP contribution in [0.3, 0.4) is 0 Å². The topological polar surface area (TPSA) is 87.7 Å². The summed E-state index contributed by atoms with van der Waals surface area (Å²) in [6, 6.07) is 11.3. The van der Waals surface area contributed by atoms with Gasteiger partial charge in [0, 0.05) is 51.5 Å². The molecular formula is C20H25N5O3. The zero-order valence-corrected chi connectivity index (χ0v) is 15.8. The van der Waals surface area contributed by atoms with Crippen molar-refractivity contribution in [1.82, 2.24) is 20.2 Å². The number of hydrogen-bond acceptors (Lipinski definition) is 6. The number of amides is 2. The highest BCUT2D eigenvalue weighted by Crippen LogP contribution is 2.10. The van der Waals surface area contributed by atoms with Crippen LogP contribution in [0.2, 0.25) is 0 Å². The van der Waals surface area contributed by atoms with Crippen LogP contribution in [0.25, 0.3) is 0 Å². The maximum Gasteiger partial charge on any atom is 0.407 e. The lowest BCUT2D eigenvalue weighted by Crippen LogP contribution is -2.49. The van der Waals surface area contributed by atoms with Crippen LogP contribution in [0.15, 0.2) is 48.8 Å². The van der Waals surface area contributed by atoms with Gasteiger partial charge >= 0.3 is 6.09 Å². The van der Waals surface area contributed by atoms with Crippen LogP contribution in [0, 0.1) is 0 Å². The maximum absolute atomic E-state index is 12.3. The lowest BCUT2D eigenvalue weighted by Gasteiger charge is -2.34. The van der Waals surface area contributed by atoms with E-state index in [-0.39, 0.29) is 12.5 Å². The summed E-state index contributed by atoms with van der Waals surface area (Å²) in [7, 11) is 0. The Hall–Kier alpha value is -3.16. The number of aromatic nitrogens is 2. The van der Waals surface area contributed by atoms with Gasteiger partial charge in [-0.2, -0.15) is 0 Å². The average molecular weight is 383 g/mol. The van der Waals surface area contributed by atoms with Crippen molar-refractivity contribution in [2.75, 3.05) is 37.6 Å². The highest BCUT2D eigenvalue weighted by molar-refractivity contribution is 5.76. The molecule has 3 rings (SSSR count). The van der Waals surface area contributed by atoms with Gasteiger partial charge in [-0.25, -0.2) is 14.8 Å². The molecule has 1 aliphatic heterocycles. The molecule has 2 heterocycles. The van der Waals surface area contributed by atoms with Gasteiger partial charge in [-0.05, 0) is 18.1 Å². The van der Waals surface area contributed by atoms with Crippen molar-refractivity contribution >= 4 is 17.9 Å². The third-order valence-corrected chi connectivity index (χ3v) is 4.52. The average Bonchev–Trinajstić information content (AvgIpc) is 2.76. The van der Waals surface area contributed by atoms with Crippen molar-refractivity contribution in [3.8, 4) is 0 Å². The Morgan fingerprint density at radius 2 is 1.71 bits per heavy atom. The van der Waals surface area contributed by atoms with E-state index in [2.05, 4.69) is 20.2 Å². The van der Waals surface area contributed by atoms with Gasteiger partial charge in [0.05, 0.1) is 0 Å². The number of piperazine rings is 1. The zero-order valence-electron chi connectivity index (χ0n) is 15.8. The molecule has 1 N–H and O–H groups in total. The molecule has 148 valence electrons. The second-order valence-electron chi connectivity index (χ2n) is 6.51. The number of carbonyl (C=O) groups is 2. The SMILES string of the molecule is O=C(NCCCC(=O)N1CCN(c2ncccn2)CC1)OCc1ccccc1. The van der Waals surface area contributed by atoms with Crippen LogP contribution in [0.1, 0.15) is 18.4 Å². The molecule has 8 nitrogen and oxygen atoms in total. The van der Waals surface area contributed by atoms with Crippen molar-refractivity contribution in [1.29, 1.82) is 0 Å². The summed E-state index contributed by atoms with van der Waals surface area (Å²) >= 11 is 0. The molecule has 0 bridgehead atoms. The zero-order chi connectivity index (χ0) is 19.6. The number of nitrogens with zero attached hydrogens (tertiary/aromatic N) is 4. The molecule has 2 amide bonds. The van der Waals surface area contributed by atoms with Crippen molar-refractivity contribution in [3.63, 3.8) is 0 Å². The summed E-state index contributed by atoms with van der Waals surface area (Å²) in [6.07, 6.45) is 3.96. The Morgan fingerprint density at radius 1 is 1.00 bits per heavy atom. The van der Waals surface area contributed by atoms with Gasteiger partial charge in [0.15, 0.2) is 0 Å². The number of benzene rings is 1. The summed E-state index contributed by atoms with van der Waals surface area (Å²) in [4.78, 5) is 36.4. The quantitative estimate of drug-likeness (QED) is 0.734. The van der Waals surface area contributed by atoms with Crippen molar-refractivity contribution in [2.24, 2.45) is 0 Å². The van der Waals surface area contributed by atoms with Crippen LogP contribution in [0.4, 0.5) is 10.7 Å². The first kappa shape index (κ1) is 19.6. The number of carbonyl (C=O) groups excluding carboxylic acids is 2. The summed E-state index contributed by atoms with van der Waals surface area (Å²) in [5.74, 6) is 0.806. The first-order chi connectivity index (χ1) is 13.7. The largest absolute Gasteiger partial charge is 0.445 e. The number of hydrogen-bond donors (Lipinski definition) is 1. The molecule has 0 atom stereocenters. The van der Waals surface area contributed by atoms with Crippen LogP contribution in [0.5, 0.6) is 0 Å². The number of ether oxygens (including phenoxy) is 1. The second kappa shape index (κ2) is 10.2. The molecule has 1 aromatic heterocycles. The van der Waals surface area contributed by atoms with E-state index in [0.717, 1.165) is 18.7 Å². The molecule has 28 heavy (non-hydrogen) atoms. The van der Waals surface area contributed by atoms with E-state index in [1.165, 1.54) is 0 Å². The van der Waals surface area contributed by atoms with E-state index in [0.29, 0.717) is 38.4 Å². The number of rotatable bonds is 7. The highest BCUT2D eigenvalue weighted by Gasteiger charge is 2.22. The monoisotopic (exact) mass is 383 g/mol. The molecule has 2 aromatic rings. The Balaban J connectivity index is 1.28. The number of alkyl carbamates (subject to hydrolysis) is 1. The van der Waals surface area contributed by atoms with E-state index in [1.807, 2.05) is 35.2 Å². The van der Waals surface area contributed by atoms with Crippen LogP contribution >= 0.6 is 0 Å². The van der Waals surface area contributed by atoms with E-state index in [4.69, 9.17) is 4.74 Å². The summed E-state index contributed by atoms with van der Waals surface area (Å²) in [6.45, 7) is 3.41. The van der Waals surface area contributed by atoms with E-state index in [9.17, 15) is 9.59 Å². The molecule has 0 unspecified atom stereocenters. The summed E-state index contributed by atoms with van der Waals surface area (Å²) in [5.41, 5.74) is 0.938.